The number of pyridine rings is 1. The maximum absolute atomic E-state index is 4.77. The Balaban J connectivity index is 1.87. The minimum Gasteiger partial charge on any atom is -0.309 e. The molecule has 0 spiro atoms. The van der Waals surface area contributed by atoms with Gasteiger partial charge >= 0.3 is 0 Å². The normalized spacial score (nSPS) is 14.8. The van der Waals surface area contributed by atoms with Gasteiger partial charge in [-0.25, -0.2) is 4.98 Å². The lowest BCUT2D eigenvalue weighted by Gasteiger charge is -2.00. The summed E-state index contributed by atoms with van der Waals surface area (Å²) in [7, 11) is 0. The Morgan fingerprint density at radius 3 is 2.95 bits per heavy atom. The fourth-order valence-corrected chi connectivity index (χ4v) is 3.30. The van der Waals surface area contributed by atoms with Crippen LogP contribution in [0, 0.1) is 6.92 Å². The lowest BCUT2D eigenvalue weighted by molar-refractivity contribution is 0.689. The number of aromatic nitrogens is 2. The molecule has 0 unspecified atom stereocenters. The van der Waals surface area contributed by atoms with Crippen molar-refractivity contribution in [2.45, 2.75) is 45.7 Å². The Hall–Kier alpha value is -1.26. The van der Waals surface area contributed by atoms with E-state index in [1.807, 2.05) is 12.3 Å². The first-order chi connectivity index (χ1) is 9.28. The van der Waals surface area contributed by atoms with Crippen LogP contribution in [0.4, 0.5) is 0 Å². The first-order valence-corrected chi connectivity index (χ1v) is 7.73. The van der Waals surface area contributed by atoms with E-state index in [-0.39, 0.29) is 0 Å². The third-order valence-electron chi connectivity index (χ3n) is 3.45. The van der Waals surface area contributed by atoms with Crippen LogP contribution in [-0.4, -0.2) is 16.0 Å². The van der Waals surface area contributed by atoms with Crippen molar-refractivity contribution in [3.63, 3.8) is 0 Å². The maximum Gasteiger partial charge on any atom is 0.142 e. The molecule has 1 N–H and O–H groups in total. The molecule has 1 saturated carbocycles. The minimum atomic E-state index is 0.742. The molecule has 100 valence electrons. The quantitative estimate of drug-likeness (QED) is 0.908. The number of rotatable bonds is 5. The average Bonchev–Trinajstić information content (AvgIpc) is 3.16. The zero-order valence-corrected chi connectivity index (χ0v) is 12.3. The SMILES string of the molecule is CCc1nc(-c2ncccc2C)sc1CNC1CC1. The van der Waals surface area contributed by atoms with Crippen molar-refractivity contribution in [2.24, 2.45) is 0 Å². The van der Waals surface area contributed by atoms with E-state index >= 15 is 0 Å². The van der Waals surface area contributed by atoms with Crippen molar-refractivity contribution in [3.8, 4) is 10.7 Å². The molecule has 2 heterocycles. The summed E-state index contributed by atoms with van der Waals surface area (Å²) in [6.45, 7) is 5.22. The maximum atomic E-state index is 4.77. The average molecular weight is 273 g/mol. The van der Waals surface area contributed by atoms with E-state index in [0.29, 0.717) is 0 Å². The van der Waals surface area contributed by atoms with E-state index in [4.69, 9.17) is 4.98 Å². The highest BCUT2D eigenvalue weighted by Gasteiger charge is 2.21. The van der Waals surface area contributed by atoms with Crippen LogP contribution in [-0.2, 0) is 13.0 Å². The van der Waals surface area contributed by atoms with Crippen molar-refractivity contribution >= 4 is 11.3 Å². The van der Waals surface area contributed by atoms with Crippen LogP contribution in [0.5, 0.6) is 0 Å². The summed E-state index contributed by atoms with van der Waals surface area (Å²) < 4.78 is 0. The van der Waals surface area contributed by atoms with Crippen LogP contribution in [0.15, 0.2) is 18.3 Å². The standard InChI is InChI=1S/C15H19N3S/c1-3-12-13(9-17-11-6-7-11)19-15(18-12)14-10(2)5-4-8-16-14/h4-5,8,11,17H,3,6-7,9H2,1-2H3. The highest BCUT2D eigenvalue weighted by Crippen LogP contribution is 2.30. The second-order valence-corrected chi connectivity index (χ2v) is 6.15. The fraction of sp³-hybridized carbons (Fsp3) is 0.467. The summed E-state index contributed by atoms with van der Waals surface area (Å²) in [5, 5.41) is 4.63. The lowest BCUT2D eigenvalue weighted by atomic mass is 10.2. The third kappa shape index (κ3) is 2.85. The predicted molar refractivity (Wildman–Crippen MR) is 79.3 cm³/mol. The van der Waals surface area contributed by atoms with Crippen LogP contribution in [0.25, 0.3) is 10.7 Å². The smallest absolute Gasteiger partial charge is 0.142 e. The van der Waals surface area contributed by atoms with E-state index in [2.05, 4.69) is 30.2 Å². The van der Waals surface area contributed by atoms with Gasteiger partial charge in [-0.05, 0) is 37.8 Å². The Morgan fingerprint density at radius 1 is 1.42 bits per heavy atom. The molecule has 2 aromatic rings. The van der Waals surface area contributed by atoms with Crippen molar-refractivity contribution in [3.05, 3.63) is 34.5 Å². The van der Waals surface area contributed by atoms with E-state index in [0.717, 1.165) is 29.7 Å². The van der Waals surface area contributed by atoms with Crippen molar-refractivity contribution in [1.29, 1.82) is 0 Å². The molecule has 0 aromatic carbocycles. The molecule has 0 bridgehead atoms. The predicted octanol–water partition coefficient (Wildman–Crippen LogP) is 3.33. The van der Waals surface area contributed by atoms with Gasteiger partial charge in [0.15, 0.2) is 0 Å². The summed E-state index contributed by atoms with van der Waals surface area (Å²) in [4.78, 5) is 10.6. The molecular formula is C15H19N3S. The van der Waals surface area contributed by atoms with Gasteiger partial charge in [0.1, 0.15) is 10.7 Å². The molecule has 0 atom stereocenters. The van der Waals surface area contributed by atoms with Crippen molar-refractivity contribution in [2.75, 3.05) is 0 Å². The second-order valence-electron chi connectivity index (χ2n) is 5.07. The van der Waals surface area contributed by atoms with Crippen LogP contribution < -0.4 is 5.32 Å². The molecule has 4 heteroatoms. The monoisotopic (exact) mass is 273 g/mol. The highest BCUT2D eigenvalue weighted by molar-refractivity contribution is 7.15. The summed E-state index contributed by atoms with van der Waals surface area (Å²) in [5.74, 6) is 0. The van der Waals surface area contributed by atoms with Gasteiger partial charge in [-0.2, -0.15) is 0 Å². The molecule has 2 aromatic heterocycles. The van der Waals surface area contributed by atoms with E-state index < -0.39 is 0 Å². The second kappa shape index (κ2) is 5.39. The molecule has 1 aliphatic carbocycles. The largest absolute Gasteiger partial charge is 0.309 e. The molecule has 1 fully saturated rings. The number of nitrogens with zero attached hydrogens (tertiary/aromatic N) is 2. The zero-order valence-electron chi connectivity index (χ0n) is 11.4. The van der Waals surface area contributed by atoms with Crippen LogP contribution in [0.1, 0.15) is 35.9 Å². The molecule has 19 heavy (non-hydrogen) atoms. The first-order valence-electron chi connectivity index (χ1n) is 6.92. The third-order valence-corrected chi connectivity index (χ3v) is 4.56. The summed E-state index contributed by atoms with van der Waals surface area (Å²) in [6, 6.07) is 4.81. The summed E-state index contributed by atoms with van der Waals surface area (Å²) in [5.41, 5.74) is 3.44. The topological polar surface area (TPSA) is 37.8 Å². The lowest BCUT2D eigenvalue weighted by Crippen LogP contribution is -2.15. The zero-order chi connectivity index (χ0) is 13.2. The Morgan fingerprint density at radius 2 is 2.26 bits per heavy atom. The molecule has 0 radical (unpaired) electrons. The molecule has 0 aliphatic heterocycles. The first kappa shape index (κ1) is 12.8. The number of thiazole rings is 1. The Labute approximate surface area is 118 Å². The van der Waals surface area contributed by atoms with Gasteiger partial charge in [-0.3, -0.25) is 4.98 Å². The summed E-state index contributed by atoms with van der Waals surface area (Å²) >= 11 is 1.78. The summed E-state index contributed by atoms with van der Waals surface area (Å²) in [6.07, 6.45) is 5.49. The molecular weight excluding hydrogens is 254 g/mol. The van der Waals surface area contributed by atoms with Gasteiger partial charge in [0.25, 0.3) is 0 Å². The molecule has 3 rings (SSSR count). The van der Waals surface area contributed by atoms with Gasteiger partial charge in [-0.1, -0.05) is 13.0 Å². The van der Waals surface area contributed by atoms with Gasteiger partial charge in [0.2, 0.25) is 0 Å². The highest BCUT2D eigenvalue weighted by atomic mass is 32.1. The van der Waals surface area contributed by atoms with E-state index in [1.54, 1.807) is 11.3 Å². The van der Waals surface area contributed by atoms with Gasteiger partial charge in [0, 0.05) is 23.7 Å². The van der Waals surface area contributed by atoms with Gasteiger partial charge < -0.3 is 5.32 Å². The van der Waals surface area contributed by atoms with Gasteiger partial charge in [-0.15, -0.1) is 11.3 Å². The number of aryl methyl sites for hydroxylation is 2. The molecule has 3 nitrogen and oxygen atoms in total. The van der Waals surface area contributed by atoms with Crippen LogP contribution in [0.2, 0.25) is 0 Å². The Kier molecular flexibility index (Phi) is 3.62. The van der Waals surface area contributed by atoms with Crippen molar-refractivity contribution < 1.29 is 0 Å². The number of hydrogen-bond acceptors (Lipinski definition) is 4. The number of hydrogen-bond donors (Lipinski definition) is 1. The minimum absolute atomic E-state index is 0.742. The fourth-order valence-electron chi connectivity index (χ4n) is 2.13. The Bertz CT molecular complexity index is 573. The van der Waals surface area contributed by atoms with Crippen LogP contribution >= 0.6 is 11.3 Å². The van der Waals surface area contributed by atoms with Gasteiger partial charge in [0.05, 0.1) is 5.69 Å². The van der Waals surface area contributed by atoms with Crippen LogP contribution in [0.3, 0.4) is 0 Å². The number of nitrogens with one attached hydrogen (secondary N) is 1. The molecule has 0 saturated heterocycles. The molecule has 0 amide bonds. The van der Waals surface area contributed by atoms with E-state index in [9.17, 15) is 0 Å². The van der Waals surface area contributed by atoms with E-state index in [1.165, 1.54) is 29.0 Å². The molecule has 1 aliphatic rings. The van der Waals surface area contributed by atoms with Crippen molar-refractivity contribution in [1.82, 2.24) is 15.3 Å².